The summed E-state index contributed by atoms with van der Waals surface area (Å²) in [5.41, 5.74) is 7.65. The number of alkyl halides is 1. The van der Waals surface area contributed by atoms with Crippen LogP contribution >= 0.6 is 15.9 Å². The molecular formula is C10H12BrNO2. The van der Waals surface area contributed by atoms with Crippen LogP contribution in [0, 0.1) is 6.92 Å². The van der Waals surface area contributed by atoms with Crippen LogP contribution in [0.1, 0.15) is 15.9 Å². The molecule has 0 aliphatic carbocycles. The molecule has 0 fully saturated rings. The van der Waals surface area contributed by atoms with Gasteiger partial charge in [0.05, 0.1) is 18.0 Å². The number of anilines is 1. The van der Waals surface area contributed by atoms with Crippen LogP contribution in [-0.4, -0.2) is 18.2 Å². The molecule has 2 N–H and O–H groups in total. The Morgan fingerprint density at radius 1 is 1.57 bits per heavy atom. The first kappa shape index (κ1) is 11.0. The predicted molar refractivity (Wildman–Crippen MR) is 60.3 cm³/mol. The van der Waals surface area contributed by atoms with E-state index in [2.05, 4.69) is 15.9 Å². The van der Waals surface area contributed by atoms with Crippen molar-refractivity contribution < 1.29 is 9.53 Å². The van der Waals surface area contributed by atoms with Gasteiger partial charge in [-0.05, 0) is 24.6 Å². The second-order valence-corrected chi connectivity index (χ2v) is 3.47. The van der Waals surface area contributed by atoms with Gasteiger partial charge in [0.1, 0.15) is 5.75 Å². The van der Waals surface area contributed by atoms with Crippen LogP contribution < -0.4 is 10.5 Å². The van der Waals surface area contributed by atoms with Crippen molar-refractivity contribution in [1.29, 1.82) is 0 Å². The molecule has 1 rings (SSSR count). The second kappa shape index (κ2) is 4.46. The largest absolute Gasteiger partial charge is 0.496 e. The first-order chi connectivity index (χ1) is 6.61. The van der Waals surface area contributed by atoms with Gasteiger partial charge < -0.3 is 10.5 Å². The maximum Gasteiger partial charge on any atom is 0.177 e. The third-order valence-electron chi connectivity index (χ3n) is 2.09. The molecule has 0 bridgehead atoms. The second-order valence-electron chi connectivity index (χ2n) is 2.91. The molecule has 0 atom stereocenters. The van der Waals surface area contributed by atoms with E-state index in [4.69, 9.17) is 10.5 Å². The molecule has 0 aliphatic rings. The van der Waals surface area contributed by atoms with Crippen molar-refractivity contribution in [2.75, 3.05) is 18.2 Å². The maximum absolute atomic E-state index is 11.6. The lowest BCUT2D eigenvalue weighted by Crippen LogP contribution is -2.07. The standard InChI is InChI=1S/C10H12BrNO2/c1-6-7(12)3-4-9(14-2)10(6)8(13)5-11/h3-4H,5,12H2,1-2H3. The third kappa shape index (κ3) is 1.90. The Morgan fingerprint density at radius 2 is 2.21 bits per heavy atom. The van der Waals surface area contributed by atoms with E-state index in [-0.39, 0.29) is 11.1 Å². The topological polar surface area (TPSA) is 52.3 Å². The van der Waals surface area contributed by atoms with Crippen molar-refractivity contribution in [3.05, 3.63) is 23.3 Å². The Labute approximate surface area is 91.4 Å². The summed E-state index contributed by atoms with van der Waals surface area (Å²) in [4.78, 5) is 11.6. The molecule has 76 valence electrons. The minimum atomic E-state index is -0.0216. The molecule has 0 saturated carbocycles. The van der Waals surface area contributed by atoms with Crippen molar-refractivity contribution in [3.8, 4) is 5.75 Å². The summed E-state index contributed by atoms with van der Waals surface area (Å²) in [6, 6.07) is 3.44. The van der Waals surface area contributed by atoms with Crippen LogP contribution in [-0.2, 0) is 0 Å². The van der Waals surface area contributed by atoms with Crippen molar-refractivity contribution >= 4 is 27.4 Å². The van der Waals surface area contributed by atoms with Crippen LogP contribution in [0.3, 0.4) is 0 Å². The van der Waals surface area contributed by atoms with Crippen molar-refractivity contribution in [3.63, 3.8) is 0 Å². The summed E-state index contributed by atoms with van der Waals surface area (Å²) >= 11 is 3.13. The Balaban J connectivity index is 3.35. The Morgan fingerprint density at radius 3 is 2.71 bits per heavy atom. The monoisotopic (exact) mass is 257 g/mol. The molecule has 3 nitrogen and oxygen atoms in total. The van der Waals surface area contributed by atoms with E-state index < -0.39 is 0 Å². The van der Waals surface area contributed by atoms with Crippen LogP contribution in [0.4, 0.5) is 5.69 Å². The minimum Gasteiger partial charge on any atom is -0.496 e. The zero-order valence-electron chi connectivity index (χ0n) is 8.13. The first-order valence-electron chi connectivity index (χ1n) is 4.14. The fourth-order valence-electron chi connectivity index (χ4n) is 1.29. The number of hydrogen-bond donors (Lipinski definition) is 1. The smallest absolute Gasteiger partial charge is 0.177 e. The highest BCUT2D eigenvalue weighted by atomic mass is 79.9. The van der Waals surface area contributed by atoms with Gasteiger partial charge in [-0.1, -0.05) is 15.9 Å². The molecular weight excluding hydrogens is 246 g/mol. The summed E-state index contributed by atoms with van der Waals surface area (Å²) in [5.74, 6) is 0.549. The highest BCUT2D eigenvalue weighted by molar-refractivity contribution is 9.09. The van der Waals surface area contributed by atoms with Gasteiger partial charge in [-0.3, -0.25) is 4.79 Å². The molecule has 0 unspecified atom stereocenters. The lowest BCUT2D eigenvalue weighted by atomic mass is 10.0. The quantitative estimate of drug-likeness (QED) is 0.513. The van der Waals surface area contributed by atoms with E-state index in [1.807, 2.05) is 6.92 Å². The van der Waals surface area contributed by atoms with E-state index >= 15 is 0 Å². The van der Waals surface area contributed by atoms with Gasteiger partial charge in [-0.25, -0.2) is 0 Å². The highest BCUT2D eigenvalue weighted by Crippen LogP contribution is 2.27. The summed E-state index contributed by atoms with van der Waals surface area (Å²) in [6.45, 7) is 1.81. The number of hydrogen-bond acceptors (Lipinski definition) is 3. The molecule has 0 saturated heterocycles. The van der Waals surface area contributed by atoms with Gasteiger partial charge in [-0.15, -0.1) is 0 Å². The molecule has 0 amide bonds. The van der Waals surface area contributed by atoms with E-state index in [1.165, 1.54) is 7.11 Å². The Bertz CT molecular complexity index is 363. The van der Waals surface area contributed by atoms with Crippen LogP contribution in [0.15, 0.2) is 12.1 Å². The number of halogens is 1. The van der Waals surface area contributed by atoms with Gasteiger partial charge in [0, 0.05) is 5.69 Å². The normalized spacial score (nSPS) is 9.93. The van der Waals surface area contributed by atoms with Crippen molar-refractivity contribution in [2.24, 2.45) is 0 Å². The van der Waals surface area contributed by atoms with Crippen molar-refractivity contribution in [1.82, 2.24) is 0 Å². The summed E-state index contributed by atoms with van der Waals surface area (Å²) in [6.07, 6.45) is 0. The molecule has 1 aromatic rings. The number of Topliss-reactive ketones (excluding diaryl/α,β-unsaturated/α-hetero) is 1. The zero-order valence-corrected chi connectivity index (χ0v) is 9.72. The number of benzene rings is 1. The van der Waals surface area contributed by atoms with Gasteiger partial charge in [-0.2, -0.15) is 0 Å². The zero-order chi connectivity index (χ0) is 10.7. The van der Waals surface area contributed by atoms with Gasteiger partial charge in [0.2, 0.25) is 0 Å². The lowest BCUT2D eigenvalue weighted by Gasteiger charge is -2.11. The summed E-state index contributed by atoms with van der Waals surface area (Å²) in [5, 5.41) is 0.271. The van der Waals surface area contributed by atoms with Crippen LogP contribution in [0.5, 0.6) is 5.75 Å². The number of methoxy groups -OCH3 is 1. The number of ketones is 1. The van der Waals surface area contributed by atoms with Gasteiger partial charge >= 0.3 is 0 Å². The highest BCUT2D eigenvalue weighted by Gasteiger charge is 2.15. The SMILES string of the molecule is COc1ccc(N)c(C)c1C(=O)CBr. The number of carbonyl (C=O) groups is 1. The molecule has 0 heterocycles. The average molecular weight is 258 g/mol. The van der Waals surface area contributed by atoms with E-state index in [9.17, 15) is 4.79 Å². The molecule has 0 spiro atoms. The average Bonchev–Trinajstić information content (AvgIpc) is 2.20. The lowest BCUT2D eigenvalue weighted by molar-refractivity contribution is 0.102. The van der Waals surface area contributed by atoms with E-state index in [0.717, 1.165) is 5.56 Å². The van der Waals surface area contributed by atoms with Crippen LogP contribution in [0.25, 0.3) is 0 Å². The molecule has 0 aliphatic heterocycles. The number of ether oxygens (including phenoxy) is 1. The predicted octanol–water partition coefficient (Wildman–Crippen LogP) is 2.16. The van der Waals surface area contributed by atoms with Crippen LogP contribution in [0.2, 0.25) is 0 Å². The number of rotatable bonds is 3. The first-order valence-corrected chi connectivity index (χ1v) is 5.26. The Kier molecular flexibility index (Phi) is 3.52. The molecule has 1 aromatic carbocycles. The van der Waals surface area contributed by atoms with Gasteiger partial charge in [0.15, 0.2) is 5.78 Å². The number of carbonyl (C=O) groups excluding carboxylic acids is 1. The van der Waals surface area contributed by atoms with Gasteiger partial charge in [0.25, 0.3) is 0 Å². The molecule has 14 heavy (non-hydrogen) atoms. The number of nitrogen functional groups attached to an aromatic ring is 1. The minimum absolute atomic E-state index is 0.0216. The molecule has 0 radical (unpaired) electrons. The molecule has 4 heteroatoms. The summed E-state index contributed by atoms with van der Waals surface area (Å²) in [7, 11) is 1.54. The number of nitrogens with two attached hydrogens (primary N) is 1. The molecule has 0 aromatic heterocycles. The summed E-state index contributed by atoms with van der Waals surface area (Å²) < 4.78 is 5.11. The van der Waals surface area contributed by atoms with E-state index in [1.54, 1.807) is 12.1 Å². The van der Waals surface area contributed by atoms with Crippen molar-refractivity contribution in [2.45, 2.75) is 6.92 Å². The maximum atomic E-state index is 11.6. The van der Waals surface area contributed by atoms with E-state index in [0.29, 0.717) is 17.0 Å². The fourth-order valence-corrected chi connectivity index (χ4v) is 1.57. The third-order valence-corrected chi connectivity index (χ3v) is 2.60. The Hall–Kier alpha value is -1.03. The fraction of sp³-hybridized carbons (Fsp3) is 0.300.